The van der Waals surface area contributed by atoms with E-state index in [4.69, 9.17) is 14.2 Å². The van der Waals surface area contributed by atoms with E-state index >= 15 is 0 Å². The summed E-state index contributed by atoms with van der Waals surface area (Å²) in [4.78, 5) is 24.4. The summed E-state index contributed by atoms with van der Waals surface area (Å²) >= 11 is 0. The average Bonchev–Trinajstić information content (AvgIpc) is 2.79. The number of ether oxygens (including phenoxy) is 3. The number of hydrogen-bond donors (Lipinski definition) is 1. The number of methoxy groups -OCH3 is 1. The highest BCUT2D eigenvalue weighted by atomic mass is 16.6. The number of nitrogens with one attached hydrogen (secondary N) is 1. The molecule has 0 heterocycles. The average molecular weight is 405 g/mol. The third kappa shape index (κ3) is 5.61. The Labute approximate surface area is 175 Å². The molecule has 6 nitrogen and oxygen atoms in total. The van der Waals surface area contributed by atoms with E-state index in [1.165, 1.54) is 0 Å². The van der Waals surface area contributed by atoms with Crippen LogP contribution in [0.1, 0.15) is 22.8 Å². The fraction of sp³-hybridized carbons (Fsp3) is 0.167. The summed E-state index contributed by atoms with van der Waals surface area (Å²) in [5, 5.41) is 2.80. The number of hydrogen-bond acceptors (Lipinski definition) is 5. The predicted molar refractivity (Wildman–Crippen MR) is 114 cm³/mol. The molecule has 0 fully saturated rings. The van der Waals surface area contributed by atoms with Crippen molar-refractivity contribution in [2.75, 3.05) is 19.0 Å². The van der Waals surface area contributed by atoms with Gasteiger partial charge in [0.15, 0.2) is 6.61 Å². The fourth-order valence-corrected chi connectivity index (χ4v) is 2.79. The maximum Gasteiger partial charge on any atom is 0.349 e. The van der Waals surface area contributed by atoms with Crippen molar-refractivity contribution in [1.29, 1.82) is 0 Å². The molecule has 0 aliphatic carbocycles. The molecular formula is C24H23NO5. The molecule has 0 aromatic heterocycles. The third-order valence-corrected chi connectivity index (χ3v) is 4.40. The molecule has 6 heteroatoms. The van der Waals surface area contributed by atoms with Gasteiger partial charge in [-0.25, -0.2) is 4.79 Å². The maximum absolute atomic E-state index is 12.4. The Bertz CT molecular complexity index is 997. The number of para-hydroxylation sites is 1. The SMILES string of the molecule is CCc1ccccc1OCC(=O)Oc1ccc(C(=O)Nc2ccc(OC)cc2)cc1. The number of aryl methyl sites for hydroxylation is 1. The minimum atomic E-state index is -0.517. The minimum Gasteiger partial charge on any atom is -0.497 e. The molecule has 30 heavy (non-hydrogen) atoms. The van der Waals surface area contributed by atoms with Crippen LogP contribution in [0.2, 0.25) is 0 Å². The zero-order valence-corrected chi connectivity index (χ0v) is 16.9. The van der Waals surface area contributed by atoms with Gasteiger partial charge in [0, 0.05) is 11.3 Å². The van der Waals surface area contributed by atoms with Crippen molar-refractivity contribution in [2.45, 2.75) is 13.3 Å². The molecule has 0 saturated heterocycles. The van der Waals surface area contributed by atoms with Crippen LogP contribution in [-0.2, 0) is 11.2 Å². The van der Waals surface area contributed by atoms with Crippen LogP contribution in [0.4, 0.5) is 5.69 Å². The largest absolute Gasteiger partial charge is 0.497 e. The summed E-state index contributed by atoms with van der Waals surface area (Å²) in [6.07, 6.45) is 0.811. The van der Waals surface area contributed by atoms with Gasteiger partial charge in [-0.05, 0) is 66.6 Å². The van der Waals surface area contributed by atoms with Crippen LogP contribution in [0, 0.1) is 0 Å². The third-order valence-electron chi connectivity index (χ3n) is 4.40. The minimum absolute atomic E-state index is 0.198. The van der Waals surface area contributed by atoms with E-state index in [2.05, 4.69) is 5.32 Å². The quantitative estimate of drug-likeness (QED) is 0.441. The number of carbonyl (C=O) groups excluding carboxylic acids is 2. The molecule has 0 aliphatic heterocycles. The van der Waals surface area contributed by atoms with Gasteiger partial charge in [-0.15, -0.1) is 0 Å². The van der Waals surface area contributed by atoms with E-state index in [9.17, 15) is 9.59 Å². The zero-order chi connectivity index (χ0) is 21.3. The van der Waals surface area contributed by atoms with Crippen molar-refractivity contribution >= 4 is 17.6 Å². The van der Waals surface area contributed by atoms with Crippen LogP contribution < -0.4 is 19.5 Å². The van der Waals surface area contributed by atoms with Crippen LogP contribution in [0.3, 0.4) is 0 Å². The molecule has 154 valence electrons. The van der Waals surface area contributed by atoms with Crippen molar-refractivity contribution in [1.82, 2.24) is 0 Å². The Kier molecular flexibility index (Phi) is 7.05. The second-order valence-electron chi connectivity index (χ2n) is 6.43. The number of rotatable bonds is 8. The van der Waals surface area contributed by atoms with Gasteiger partial charge >= 0.3 is 5.97 Å². The molecular weight excluding hydrogens is 382 g/mol. The van der Waals surface area contributed by atoms with Gasteiger partial charge in [0.05, 0.1) is 7.11 Å². The van der Waals surface area contributed by atoms with E-state index in [1.807, 2.05) is 31.2 Å². The summed E-state index contributed by atoms with van der Waals surface area (Å²) < 4.78 is 15.9. The lowest BCUT2D eigenvalue weighted by molar-refractivity contribution is -0.136. The number of amides is 1. The molecule has 3 rings (SSSR count). The van der Waals surface area contributed by atoms with Crippen molar-refractivity contribution in [2.24, 2.45) is 0 Å². The van der Waals surface area contributed by atoms with Gasteiger partial charge in [-0.3, -0.25) is 4.79 Å². The first kappa shape index (κ1) is 20.9. The molecule has 0 spiro atoms. The first-order valence-electron chi connectivity index (χ1n) is 9.56. The van der Waals surface area contributed by atoms with Crippen LogP contribution >= 0.6 is 0 Å². The van der Waals surface area contributed by atoms with Gasteiger partial charge in [-0.1, -0.05) is 25.1 Å². The number of esters is 1. The number of benzene rings is 3. The Morgan fingerprint density at radius 3 is 2.20 bits per heavy atom. The highest BCUT2D eigenvalue weighted by Gasteiger charge is 2.10. The number of carbonyl (C=O) groups is 2. The van der Waals surface area contributed by atoms with E-state index in [0.29, 0.717) is 28.5 Å². The first-order valence-corrected chi connectivity index (χ1v) is 9.56. The normalized spacial score (nSPS) is 10.2. The molecule has 1 amide bonds. The van der Waals surface area contributed by atoms with E-state index in [1.54, 1.807) is 55.6 Å². The molecule has 0 aliphatic rings. The van der Waals surface area contributed by atoms with Crippen LogP contribution in [0.5, 0.6) is 17.2 Å². The Morgan fingerprint density at radius 1 is 0.867 bits per heavy atom. The Hall–Kier alpha value is -3.80. The van der Waals surface area contributed by atoms with Crippen molar-refractivity contribution in [3.8, 4) is 17.2 Å². The highest BCUT2D eigenvalue weighted by Crippen LogP contribution is 2.19. The molecule has 0 radical (unpaired) electrons. The summed E-state index contributed by atoms with van der Waals surface area (Å²) in [6, 6.07) is 20.9. The molecule has 0 unspecified atom stereocenters. The molecule has 0 saturated carbocycles. The summed E-state index contributed by atoms with van der Waals surface area (Å²) in [5.74, 6) is 0.936. The van der Waals surface area contributed by atoms with Crippen LogP contribution in [-0.4, -0.2) is 25.6 Å². The monoisotopic (exact) mass is 405 g/mol. The highest BCUT2D eigenvalue weighted by molar-refractivity contribution is 6.04. The molecule has 3 aromatic carbocycles. The Morgan fingerprint density at radius 2 is 1.53 bits per heavy atom. The smallest absolute Gasteiger partial charge is 0.349 e. The van der Waals surface area contributed by atoms with Crippen LogP contribution in [0.25, 0.3) is 0 Å². The first-order chi connectivity index (χ1) is 14.6. The maximum atomic E-state index is 12.4. The lowest BCUT2D eigenvalue weighted by Crippen LogP contribution is -2.18. The van der Waals surface area contributed by atoms with Crippen LogP contribution in [0.15, 0.2) is 72.8 Å². The van der Waals surface area contributed by atoms with E-state index in [0.717, 1.165) is 12.0 Å². The summed E-state index contributed by atoms with van der Waals surface area (Å²) in [7, 11) is 1.58. The Balaban J connectivity index is 1.53. The lowest BCUT2D eigenvalue weighted by atomic mass is 10.1. The van der Waals surface area contributed by atoms with Gasteiger partial charge in [0.2, 0.25) is 0 Å². The van der Waals surface area contributed by atoms with E-state index in [-0.39, 0.29) is 12.5 Å². The second-order valence-corrected chi connectivity index (χ2v) is 6.43. The molecule has 1 N–H and O–H groups in total. The second kappa shape index (κ2) is 10.1. The van der Waals surface area contributed by atoms with Crippen molar-refractivity contribution in [3.63, 3.8) is 0 Å². The molecule has 3 aromatic rings. The van der Waals surface area contributed by atoms with Gasteiger partial charge in [0.1, 0.15) is 17.2 Å². The van der Waals surface area contributed by atoms with E-state index < -0.39 is 5.97 Å². The van der Waals surface area contributed by atoms with Crippen molar-refractivity contribution in [3.05, 3.63) is 83.9 Å². The molecule has 0 bridgehead atoms. The number of anilines is 1. The standard InChI is InChI=1S/C24H23NO5/c1-3-17-6-4-5-7-22(17)29-16-23(26)30-21-12-8-18(9-13-21)24(27)25-19-10-14-20(28-2)15-11-19/h4-15H,3,16H2,1-2H3,(H,25,27). The van der Waals surface area contributed by atoms with Gasteiger partial charge < -0.3 is 19.5 Å². The fourth-order valence-electron chi connectivity index (χ4n) is 2.79. The van der Waals surface area contributed by atoms with Crippen molar-refractivity contribution < 1.29 is 23.8 Å². The topological polar surface area (TPSA) is 73.9 Å². The predicted octanol–water partition coefficient (Wildman–Crippen LogP) is 4.49. The van der Waals surface area contributed by atoms with Gasteiger partial charge in [0.25, 0.3) is 5.91 Å². The lowest BCUT2D eigenvalue weighted by Gasteiger charge is -2.10. The zero-order valence-electron chi connectivity index (χ0n) is 16.9. The summed E-state index contributed by atoms with van der Waals surface area (Å²) in [6.45, 7) is 1.82. The summed E-state index contributed by atoms with van der Waals surface area (Å²) in [5.41, 5.74) is 2.12. The molecule has 0 atom stereocenters. The van der Waals surface area contributed by atoms with Gasteiger partial charge in [-0.2, -0.15) is 0 Å².